The molecule has 0 fully saturated rings. The van der Waals surface area contributed by atoms with Gasteiger partial charge in [0.1, 0.15) is 5.82 Å². The molecule has 0 saturated heterocycles. The third kappa shape index (κ3) is 5.21. The van der Waals surface area contributed by atoms with Crippen molar-refractivity contribution in [3.63, 3.8) is 0 Å². The van der Waals surface area contributed by atoms with Gasteiger partial charge in [0.05, 0.1) is 0 Å². The second-order valence-corrected chi connectivity index (χ2v) is 1.55. The van der Waals surface area contributed by atoms with Gasteiger partial charge >= 0.3 is 0 Å². The van der Waals surface area contributed by atoms with E-state index < -0.39 is 0 Å². The minimum Gasteiger partial charge on any atom is -0.384 e. The van der Waals surface area contributed by atoms with Gasteiger partial charge < -0.3 is 5.73 Å². The van der Waals surface area contributed by atoms with Gasteiger partial charge in [0.15, 0.2) is 0 Å². The second-order valence-electron chi connectivity index (χ2n) is 1.55. The van der Waals surface area contributed by atoms with Crippen LogP contribution in [0.4, 0.5) is 0 Å². The van der Waals surface area contributed by atoms with Gasteiger partial charge in [-0.3, -0.25) is 0 Å². The van der Waals surface area contributed by atoms with Gasteiger partial charge in [-0.25, -0.2) is 4.99 Å². The highest BCUT2D eigenvalue weighted by molar-refractivity contribution is 5.79. The Balaban J connectivity index is 3.68. The maximum atomic E-state index is 5.11. The third-order valence-electron chi connectivity index (χ3n) is 0.367. The Kier molecular flexibility index (Phi) is 2.12. The number of aliphatic imine (C=N–C) groups is 1. The highest BCUT2D eigenvalue weighted by Gasteiger charge is 1.74. The first-order valence-corrected chi connectivity index (χ1v) is 2.09. The number of nitrogens with two attached hydrogens (primary N) is 1. The molecular weight excluding hydrogens is 88.1 g/mol. The van der Waals surface area contributed by atoms with E-state index in [2.05, 4.69) is 11.6 Å². The van der Waals surface area contributed by atoms with Crippen LogP contribution >= 0.6 is 0 Å². The molecule has 0 heterocycles. The summed E-state index contributed by atoms with van der Waals surface area (Å²) in [5.74, 6) is 0.375. The van der Waals surface area contributed by atoms with Crippen molar-refractivity contribution in [2.75, 3.05) is 0 Å². The molecule has 0 amide bonds. The zero-order valence-electron chi connectivity index (χ0n) is 4.73. The standard InChI is InChI=1S/C5H10N2/c1-4(2)7-5(3)6/h3,6H2,1-2H3. The monoisotopic (exact) mass is 98.1 g/mol. The van der Waals surface area contributed by atoms with E-state index in [1.165, 1.54) is 0 Å². The Morgan fingerprint density at radius 3 is 2.00 bits per heavy atom. The fourth-order valence-electron chi connectivity index (χ4n) is 0.287. The molecule has 0 saturated carbocycles. The molecule has 0 aromatic carbocycles. The van der Waals surface area contributed by atoms with Crippen molar-refractivity contribution < 1.29 is 0 Å². The summed E-state index contributed by atoms with van der Waals surface area (Å²) in [6, 6.07) is 0. The van der Waals surface area contributed by atoms with Crippen molar-refractivity contribution in [3.8, 4) is 0 Å². The molecule has 2 N–H and O–H groups in total. The van der Waals surface area contributed by atoms with E-state index in [-0.39, 0.29) is 0 Å². The molecule has 0 aliphatic rings. The maximum absolute atomic E-state index is 5.11. The second kappa shape index (κ2) is 2.39. The summed E-state index contributed by atoms with van der Waals surface area (Å²) in [5.41, 5.74) is 6.05. The molecule has 0 radical (unpaired) electrons. The molecule has 0 aliphatic heterocycles. The summed E-state index contributed by atoms with van der Waals surface area (Å²) in [6.45, 7) is 7.13. The quantitative estimate of drug-likeness (QED) is 0.486. The fourth-order valence-corrected chi connectivity index (χ4v) is 0.287. The van der Waals surface area contributed by atoms with E-state index in [4.69, 9.17) is 5.73 Å². The molecule has 2 heteroatoms. The lowest BCUT2D eigenvalue weighted by Gasteiger charge is -1.86. The topological polar surface area (TPSA) is 38.4 Å². The first-order valence-electron chi connectivity index (χ1n) is 2.09. The van der Waals surface area contributed by atoms with Crippen molar-refractivity contribution in [2.45, 2.75) is 13.8 Å². The van der Waals surface area contributed by atoms with Gasteiger partial charge in [-0.05, 0) is 13.8 Å². The van der Waals surface area contributed by atoms with Crippen molar-refractivity contribution in [3.05, 3.63) is 12.4 Å². The van der Waals surface area contributed by atoms with E-state index in [0.29, 0.717) is 5.82 Å². The molecule has 0 spiro atoms. The largest absolute Gasteiger partial charge is 0.384 e. The van der Waals surface area contributed by atoms with Gasteiger partial charge in [0.2, 0.25) is 0 Å². The molecule has 2 nitrogen and oxygen atoms in total. The minimum atomic E-state index is 0.375. The first kappa shape index (κ1) is 6.21. The van der Waals surface area contributed by atoms with Crippen LogP contribution in [0, 0.1) is 0 Å². The van der Waals surface area contributed by atoms with Gasteiger partial charge in [-0.15, -0.1) is 0 Å². The summed E-state index contributed by atoms with van der Waals surface area (Å²) in [6.07, 6.45) is 0. The van der Waals surface area contributed by atoms with Gasteiger partial charge in [0, 0.05) is 5.71 Å². The average Bonchev–Trinajstić information content (AvgIpc) is 1.27. The lowest BCUT2D eigenvalue weighted by atomic mass is 10.5. The summed E-state index contributed by atoms with van der Waals surface area (Å²) >= 11 is 0. The minimum absolute atomic E-state index is 0.375. The molecule has 7 heavy (non-hydrogen) atoms. The zero-order valence-corrected chi connectivity index (χ0v) is 4.73. The van der Waals surface area contributed by atoms with Gasteiger partial charge in [-0.2, -0.15) is 0 Å². The predicted octanol–water partition coefficient (Wildman–Crippen LogP) is 0.897. The van der Waals surface area contributed by atoms with Crippen molar-refractivity contribution in [1.29, 1.82) is 0 Å². The van der Waals surface area contributed by atoms with Crippen molar-refractivity contribution >= 4 is 5.71 Å². The number of hydrogen-bond donors (Lipinski definition) is 1. The number of rotatable bonds is 1. The molecule has 0 unspecified atom stereocenters. The SMILES string of the molecule is C=C(N)N=C(C)C. The van der Waals surface area contributed by atoms with Crippen LogP contribution in [-0.2, 0) is 0 Å². The fraction of sp³-hybridized carbons (Fsp3) is 0.400. The van der Waals surface area contributed by atoms with Crippen LogP contribution in [0.5, 0.6) is 0 Å². The summed E-state index contributed by atoms with van der Waals surface area (Å²) in [7, 11) is 0. The van der Waals surface area contributed by atoms with Crippen LogP contribution in [0.25, 0.3) is 0 Å². The predicted molar refractivity (Wildman–Crippen MR) is 32.1 cm³/mol. The molecule has 40 valence electrons. The van der Waals surface area contributed by atoms with Crippen molar-refractivity contribution in [2.24, 2.45) is 10.7 Å². The van der Waals surface area contributed by atoms with Crippen LogP contribution in [0.3, 0.4) is 0 Å². The molecule has 0 rings (SSSR count). The van der Waals surface area contributed by atoms with Crippen LogP contribution in [-0.4, -0.2) is 5.71 Å². The molecule has 0 aromatic heterocycles. The third-order valence-corrected chi connectivity index (χ3v) is 0.367. The normalized spacial score (nSPS) is 7.71. The summed E-state index contributed by atoms with van der Waals surface area (Å²) < 4.78 is 0. The van der Waals surface area contributed by atoms with Crippen LogP contribution < -0.4 is 5.73 Å². The Labute approximate surface area is 43.7 Å². The highest BCUT2D eigenvalue weighted by Crippen LogP contribution is 1.80. The zero-order chi connectivity index (χ0) is 5.86. The summed E-state index contributed by atoms with van der Waals surface area (Å²) in [5, 5.41) is 0. The van der Waals surface area contributed by atoms with Crippen LogP contribution in [0.1, 0.15) is 13.8 Å². The summed E-state index contributed by atoms with van der Waals surface area (Å²) in [4.78, 5) is 3.78. The van der Waals surface area contributed by atoms with Crippen LogP contribution in [0.15, 0.2) is 17.4 Å². The Morgan fingerprint density at radius 1 is 1.57 bits per heavy atom. The lowest BCUT2D eigenvalue weighted by Crippen LogP contribution is -1.92. The van der Waals surface area contributed by atoms with Gasteiger partial charge in [-0.1, -0.05) is 6.58 Å². The smallest absolute Gasteiger partial charge is 0.115 e. The Morgan fingerprint density at radius 2 is 2.00 bits per heavy atom. The molecule has 0 aromatic rings. The molecule has 0 bridgehead atoms. The molecule has 0 aliphatic carbocycles. The van der Waals surface area contributed by atoms with E-state index in [1.54, 1.807) is 0 Å². The van der Waals surface area contributed by atoms with Crippen LogP contribution in [0.2, 0.25) is 0 Å². The number of nitrogens with zero attached hydrogens (tertiary/aromatic N) is 1. The lowest BCUT2D eigenvalue weighted by molar-refractivity contribution is 1.25. The molecular formula is C5H10N2. The van der Waals surface area contributed by atoms with Crippen molar-refractivity contribution in [1.82, 2.24) is 0 Å². The van der Waals surface area contributed by atoms with E-state index in [9.17, 15) is 0 Å². The first-order chi connectivity index (χ1) is 3.13. The maximum Gasteiger partial charge on any atom is 0.115 e. The highest BCUT2D eigenvalue weighted by atomic mass is 14.9. The average molecular weight is 98.1 g/mol. The van der Waals surface area contributed by atoms with Gasteiger partial charge in [0.25, 0.3) is 0 Å². The van der Waals surface area contributed by atoms with E-state index in [1.807, 2.05) is 13.8 Å². The Bertz CT molecular complexity index is 98.6. The van der Waals surface area contributed by atoms with E-state index >= 15 is 0 Å². The van der Waals surface area contributed by atoms with E-state index in [0.717, 1.165) is 5.71 Å². The molecule has 0 atom stereocenters. The number of hydrogen-bond acceptors (Lipinski definition) is 2. The Hall–Kier alpha value is -0.790.